The molecule has 0 saturated heterocycles. The predicted molar refractivity (Wildman–Crippen MR) is 141 cm³/mol. The van der Waals surface area contributed by atoms with E-state index >= 15 is 0 Å². The first kappa shape index (κ1) is 25.0. The molecule has 1 amide bonds. The molecule has 0 fully saturated rings. The number of nitrogens with one attached hydrogen (secondary N) is 1. The van der Waals surface area contributed by atoms with Gasteiger partial charge >= 0.3 is 7.40 Å². The minimum atomic E-state index is -2.76. The Kier molecular flexibility index (Phi) is 7.68. The SMILES string of the molecule is COc1ccc(/C=C/C2=NC(=C\c3c(CCNC(C)=O)c4cc(OC)ccc4n3B(F)F)/C=C2)cc1. The largest absolute Gasteiger partial charge is 0.678 e. The Morgan fingerprint density at radius 2 is 1.78 bits per heavy atom. The molecular formula is C27H26BF2N3O3. The number of carbonyl (C=O) groups excluding carboxylic acids is 1. The van der Waals surface area contributed by atoms with E-state index in [1.54, 1.807) is 37.5 Å². The Morgan fingerprint density at radius 3 is 2.44 bits per heavy atom. The molecule has 0 spiro atoms. The van der Waals surface area contributed by atoms with Gasteiger partial charge in [-0.25, -0.2) is 4.99 Å². The Morgan fingerprint density at radius 1 is 1.06 bits per heavy atom. The molecule has 184 valence electrons. The van der Waals surface area contributed by atoms with Crippen LogP contribution in [0.3, 0.4) is 0 Å². The van der Waals surface area contributed by atoms with E-state index in [1.807, 2.05) is 42.5 Å². The van der Waals surface area contributed by atoms with Crippen molar-refractivity contribution < 1.29 is 22.9 Å². The van der Waals surface area contributed by atoms with Crippen molar-refractivity contribution in [2.75, 3.05) is 20.8 Å². The van der Waals surface area contributed by atoms with Gasteiger partial charge in [-0.3, -0.25) is 13.4 Å². The van der Waals surface area contributed by atoms with Crippen LogP contribution in [-0.2, 0) is 11.2 Å². The Bertz CT molecular complexity index is 1390. The number of carbonyl (C=O) groups is 1. The average molecular weight is 489 g/mol. The van der Waals surface area contributed by atoms with Crippen LogP contribution in [0.15, 0.2) is 71.4 Å². The molecule has 36 heavy (non-hydrogen) atoms. The number of allylic oxidation sites excluding steroid dienone is 3. The Balaban J connectivity index is 1.71. The second-order valence-electron chi connectivity index (χ2n) is 8.17. The fourth-order valence-corrected chi connectivity index (χ4v) is 4.10. The lowest BCUT2D eigenvalue weighted by Gasteiger charge is -2.07. The van der Waals surface area contributed by atoms with Gasteiger partial charge in [-0.05, 0) is 72.2 Å². The van der Waals surface area contributed by atoms with Crippen LogP contribution >= 0.6 is 0 Å². The molecule has 4 rings (SSSR count). The molecule has 0 aliphatic carbocycles. The Hall–Kier alpha value is -4.14. The van der Waals surface area contributed by atoms with Crippen molar-refractivity contribution in [2.24, 2.45) is 4.99 Å². The number of hydrogen-bond donors (Lipinski definition) is 1. The average Bonchev–Trinajstić information content (AvgIpc) is 3.44. The molecule has 1 N–H and O–H groups in total. The normalized spacial score (nSPS) is 14.0. The number of rotatable bonds is 9. The van der Waals surface area contributed by atoms with Gasteiger partial charge in [0.2, 0.25) is 5.91 Å². The lowest BCUT2D eigenvalue weighted by atomic mass is 10.1. The van der Waals surface area contributed by atoms with E-state index in [4.69, 9.17) is 9.47 Å². The van der Waals surface area contributed by atoms with Gasteiger partial charge in [0, 0.05) is 30.1 Å². The number of aromatic nitrogens is 1. The van der Waals surface area contributed by atoms with E-state index in [1.165, 1.54) is 14.0 Å². The summed E-state index contributed by atoms with van der Waals surface area (Å²) >= 11 is 0. The molecule has 0 unspecified atom stereocenters. The first-order chi connectivity index (χ1) is 17.4. The Labute approximate surface area is 208 Å². The van der Waals surface area contributed by atoms with Crippen LogP contribution in [0.1, 0.15) is 23.7 Å². The van der Waals surface area contributed by atoms with Crippen LogP contribution in [0.25, 0.3) is 23.1 Å². The molecule has 2 heterocycles. The summed E-state index contributed by atoms with van der Waals surface area (Å²) in [7, 11) is 0.391. The quantitative estimate of drug-likeness (QED) is 0.422. The van der Waals surface area contributed by atoms with E-state index in [-0.39, 0.29) is 5.91 Å². The fraction of sp³-hybridized carbons (Fsp3) is 0.185. The van der Waals surface area contributed by atoms with Crippen molar-refractivity contribution in [3.05, 3.63) is 83.2 Å². The second kappa shape index (κ2) is 11.1. The van der Waals surface area contributed by atoms with Crippen molar-refractivity contribution in [1.29, 1.82) is 0 Å². The molecule has 1 aliphatic heterocycles. The molecule has 0 saturated carbocycles. The predicted octanol–water partition coefficient (Wildman–Crippen LogP) is 5.17. The van der Waals surface area contributed by atoms with Gasteiger partial charge in [0.15, 0.2) is 0 Å². The summed E-state index contributed by atoms with van der Waals surface area (Å²) in [4.78, 5) is 16.0. The molecular weight excluding hydrogens is 463 g/mol. The van der Waals surface area contributed by atoms with Gasteiger partial charge in [-0.1, -0.05) is 18.2 Å². The third-order valence-corrected chi connectivity index (χ3v) is 5.83. The minimum Gasteiger partial charge on any atom is -0.497 e. The third-order valence-electron chi connectivity index (χ3n) is 5.83. The first-order valence-corrected chi connectivity index (χ1v) is 11.4. The van der Waals surface area contributed by atoms with E-state index in [2.05, 4.69) is 10.3 Å². The van der Waals surface area contributed by atoms with Gasteiger partial charge in [-0.15, -0.1) is 0 Å². The molecule has 3 aromatic rings. The van der Waals surface area contributed by atoms with Crippen LogP contribution in [0.5, 0.6) is 11.5 Å². The van der Waals surface area contributed by atoms with E-state index < -0.39 is 7.40 Å². The van der Waals surface area contributed by atoms with Crippen molar-refractivity contribution in [3.8, 4) is 11.5 Å². The smallest absolute Gasteiger partial charge is 0.497 e. The highest BCUT2D eigenvalue weighted by Gasteiger charge is 2.27. The van der Waals surface area contributed by atoms with Gasteiger partial charge in [0.1, 0.15) is 11.5 Å². The number of methoxy groups -OCH3 is 2. The summed E-state index contributed by atoms with van der Waals surface area (Å²) in [5.74, 6) is 1.16. The number of ether oxygens (including phenoxy) is 2. The zero-order valence-corrected chi connectivity index (χ0v) is 20.3. The summed E-state index contributed by atoms with van der Waals surface area (Å²) in [6.07, 6.45) is 9.45. The summed E-state index contributed by atoms with van der Waals surface area (Å²) < 4.78 is 40.0. The molecule has 0 bridgehead atoms. The van der Waals surface area contributed by atoms with Crippen LogP contribution in [0.2, 0.25) is 0 Å². The summed E-state index contributed by atoms with van der Waals surface area (Å²) in [6, 6.07) is 12.6. The molecule has 9 heteroatoms. The summed E-state index contributed by atoms with van der Waals surface area (Å²) in [5.41, 5.74) is 3.68. The molecule has 1 aromatic heterocycles. The first-order valence-electron chi connectivity index (χ1n) is 11.4. The molecule has 1 aliphatic rings. The standard InChI is InChI=1S/C27H26BF2N3O3/c1-18(34)31-15-14-24-25-17-23(36-3)12-13-26(25)33(28(29)30)27(24)16-21-9-8-20(32-21)7-4-19-5-10-22(35-2)11-6-19/h4-13,16-17H,14-15H2,1-3H3,(H,31,34)/b7-4+,21-16-. The summed E-state index contributed by atoms with van der Waals surface area (Å²) in [6.45, 7) is 1.74. The maximum absolute atomic E-state index is 14.3. The maximum Gasteiger partial charge on any atom is 0.678 e. The second-order valence-corrected chi connectivity index (χ2v) is 8.17. The van der Waals surface area contributed by atoms with Crippen LogP contribution in [0, 0.1) is 0 Å². The highest BCUT2D eigenvalue weighted by atomic mass is 19.2. The molecule has 0 radical (unpaired) electrons. The van der Waals surface area contributed by atoms with Gasteiger partial charge in [-0.2, -0.15) is 0 Å². The zero-order valence-electron chi connectivity index (χ0n) is 20.3. The van der Waals surface area contributed by atoms with E-state index in [0.717, 1.165) is 15.8 Å². The zero-order chi connectivity index (χ0) is 25.7. The van der Waals surface area contributed by atoms with Crippen molar-refractivity contribution in [3.63, 3.8) is 0 Å². The van der Waals surface area contributed by atoms with E-state index in [9.17, 15) is 13.4 Å². The maximum atomic E-state index is 14.3. The topological polar surface area (TPSA) is 64.8 Å². The lowest BCUT2D eigenvalue weighted by molar-refractivity contribution is -0.118. The van der Waals surface area contributed by atoms with Crippen molar-refractivity contribution >= 4 is 42.1 Å². The number of halogens is 2. The van der Waals surface area contributed by atoms with Gasteiger partial charge in [0.25, 0.3) is 0 Å². The van der Waals surface area contributed by atoms with Crippen molar-refractivity contribution in [2.45, 2.75) is 13.3 Å². The molecule has 2 aromatic carbocycles. The number of fused-ring (bicyclic) bond motifs is 1. The number of hydrogen-bond acceptors (Lipinski definition) is 4. The van der Waals surface area contributed by atoms with Gasteiger partial charge < -0.3 is 19.3 Å². The van der Waals surface area contributed by atoms with Gasteiger partial charge in [0.05, 0.1) is 25.6 Å². The van der Waals surface area contributed by atoms with Crippen LogP contribution < -0.4 is 14.8 Å². The number of aliphatic imine (C=N–C) groups is 1. The van der Waals surface area contributed by atoms with Crippen molar-refractivity contribution in [1.82, 2.24) is 9.79 Å². The van der Waals surface area contributed by atoms with Crippen LogP contribution in [0.4, 0.5) is 8.63 Å². The number of amides is 1. The highest BCUT2D eigenvalue weighted by Crippen LogP contribution is 2.33. The number of nitrogens with zero attached hydrogens (tertiary/aromatic N) is 2. The van der Waals surface area contributed by atoms with Crippen LogP contribution in [-0.4, -0.2) is 44.3 Å². The number of benzene rings is 2. The van der Waals surface area contributed by atoms with E-state index in [0.29, 0.717) is 52.3 Å². The minimum absolute atomic E-state index is 0.179. The highest BCUT2D eigenvalue weighted by molar-refractivity contribution is 6.43. The lowest BCUT2D eigenvalue weighted by Crippen LogP contribution is -2.22. The molecule has 0 atom stereocenters. The summed E-state index contributed by atoms with van der Waals surface area (Å²) in [5, 5.41) is 3.40. The third kappa shape index (κ3) is 5.57. The fourth-order valence-electron chi connectivity index (χ4n) is 4.10. The monoisotopic (exact) mass is 489 g/mol. The molecule has 6 nitrogen and oxygen atoms in total.